The first-order valence-corrected chi connectivity index (χ1v) is 13.1. The number of para-hydroxylation sites is 1. The van der Waals surface area contributed by atoms with Crippen molar-refractivity contribution in [2.45, 2.75) is 43.9 Å². The fraction of sp³-hybridized carbons (Fsp3) is 0.286. The van der Waals surface area contributed by atoms with Gasteiger partial charge < -0.3 is 5.32 Å². The summed E-state index contributed by atoms with van der Waals surface area (Å²) in [6.45, 7) is 5.76. The molecule has 0 unspecified atom stereocenters. The van der Waals surface area contributed by atoms with Crippen molar-refractivity contribution in [3.05, 3.63) is 89.9 Å². The van der Waals surface area contributed by atoms with Gasteiger partial charge in [-0.05, 0) is 24.6 Å². The van der Waals surface area contributed by atoms with Gasteiger partial charge in [-0.3, -0.25) is 4.79 Å². The molecule has 0 saturated heterocycles. The monoisotopic (exact) mass is 539 g/mol. The molecule has 38 heavy (non-hydrogen) atoms. The van der Waals surface area contributed by atoms with E-state index in [0.717, 1.165) is 29.1 Å². The average Bonchev–Trinajstić information content (AvgIpc) is 3.34. The van der Waals surface area contributed by atoms with Crippen LogP contribution in [-0.2, 0) is 11.6 Å². The number of carbonyl (C=O) groups is 1. The smallest absolute Gasteiger partial charge is 0.352 e. The molecule has 10 heteroatoms. The highest BCUT2D eigenvalue weighted by Crippen LogP contribution is 2.32. The van der Waals surface area contributed by atoms with Crippen molar-refractivity contribution < 1.29 is 18.0 Å². The maximum Gasteiger partial charge on any atom is 0.433 e. The van der Waals surface area contributed by atoms with Crippen LogP contribution in [0.25, 0.3) is 16.9 Å². The lowest BCUT2D eigenvalue weighted by molar-refractivity contribution is -0.141. The number of rotatable bonds is 8. The van der Waals surface area contributed by atoms with Gasteiger partial charge in [-0.2, -0.15) is 18.3 Å². The van der Waals surface area contributed by atoms with Gasteiger partial charge in [0.2, 0.25) is 0 Å². The number of amides is 1. The Morgan fingerprint density at radius 3 is 2.21 bits per heavy atom. The second-order valence-electron chi connectivity index (χ2n) is 9.66. The lowest BCUT2D eigenvalue weighted by Crippen LogP contribution is -2.25. The first kappa shape index (κ1) is 27.4. The van der Waals surface area contributed by atoms with Gasteiger partial charge in [0.05, 0.1) is 16.9 Å². The number of hydrogen-bond acceptors (Lipinski definition) is 5. The first-order valence-electron chi connectivity index (χ1n) is 12.1. The highest BCUT2D eigenvalue weighted by atomic mass is 32.2. The minimum absolute atomic E-state index is 0.0755. The van der Waals surface area contributed by atoms with Gasteiger partial charge >= 0.3 is 6.18 Å². The van der Waals surface area contributed by atoms with Crippen LogP contribution in [0.3, 0.4) is 0 Å². The van der Waals surface area contributed by atoms with Gasteiger partial charge in [0, 0.05) is 29.5 Å². The highest BCUT2D eigenvalue weighted by molar-refractivity contribution is 7.99. The van der Waals surface area contributed by atoms with Gasteiger partial charge in [0.25, 0.3) is 5.91 Å². The number of nitrogens with zero attached hydrogens (tertiary/aromatic N) is 4. The molecule has 1 amide bonds. The standard InChI is InChI=1S/C28H28F3N5OS/c1-27(2,3)22-17-23(28(29,30)31)34-26(33-22)38-16-10-15-32-25(37)21-18-36(20-13-8-5-9-14-20)35-24(21)19-11-6-4-7-12-19/h4-9,11-14,17-18H,10,15-16H2,1-3H3,(H,32,37). The van der Waals surface area contributed by atoms with E-state index in [0.29, 0.717) is 35.7 Å². The fourth-order valence-electron chi connectivity index (χ4n) is 3.61. The van der Waals surface area contributed by atoms with Crippen LogP contribution < -0.4 is 5.32 Å². The number of halogens is 3. The zero-order valence-corrected chi connectivity index (χ0v) is 22.1. The molecule has 2 heterocycles. The minimum Gasteiger partial charge on any atom is -0.352 e. The predicted octanol–water partition coefficient (Wildman–Crippen LogP) is 6.56. The number of carbonyl (C=O) groups excluding carboxylic acids is 1. The average molecular weight is 540 g/mol. The Hall–Kier alpha value is -3.66. The van der Waals surface area contributed by atoms with Crippen LogP contribution in [0, 0.1) is 0 Å². The molecule has 0 radical (unpaired) electrons. The molecule has 4 rings (SSSR count). The van der Waals surface area contributed by atoms with E-state index >= 15 is 0 Å². The highest BCUT2D eigenvalue weighted by Gasteiger charge is 2.35. The van der Waals surface area contributed by atoms with Crippen LogP contribution in [0.2, 0.25) is 0 Å². The number of aromatic nitrogens is 4. The molecule has 6 nitrogen and oxygen atoms in total. The van der Waals surface area contributed by atoms with Crippen molar-refractivity contribution in [3.63, 3.8) is 0 Å². The van der Waals surface area contributed by atoms with E-state index < -0.39 is 17.3 Å². The quantitative estimate of drug-likeness (QED) is 0.156. The summed E-state index contributed by atoms with van der Waals surface area (Å²) in [5.41, 5.74) is 1.48. The molecule has 0 fully saturated rings. The predicted molar refractivity (Wildman–Crippen MR) is 142 cm³/mol. The summed E-state index contributed by atoms with van der Waals surface area (Å²) in [5.74, 6) is 0.168. The van der Waals surface area contributed by atoms with Crippen LogP contribution in [0.5, 0.6) is 0 Å². The van der Waals surface area contributed by atoms with Crippen molar-refractivity contribution in [1.29, 1.82) is 0 Å². The number of alkyl halides is 3. The van der Waals surface area contributed by atoms with E-state index in [1.807, 2.05) is 81.4 Å². The molecule has 0 aliphatic heterocycles. The number of nitrogens with one attached hydrogen (secondary N) is 1. The van der Waals surface area contributed by atoms with E-state index in [1.165, 1.54) is 0 Å². The fourth-order valence-corrected chi connectivity index (χ4v) is 4.41. The minimum atomic E-state index is -4.55. The topological polar surface area (TPSA) is 72.7 Å². The van der Waals surface area contributed by atoms with E-state index in [4.69, 9.17) is 0 Å². The Kier molecular flexibility index (Phi) is 8.20. The molecule has 0 spiro atoms. The molecule has 0 aliphatic rings. The summed E-state index contributed by atoms with van der Waals surface area (Å²) in [5, 5.41) is 7.64. The van der Waals surface area contributed by atoms with Crippen molar-refractivity contribution in [1.82, 2.24) is 25.1 Å². The Morgan fingerprint density at radius 2 is 1.58 bits per heavy atom. The molecule has 0 bridgehead atoms. The zero-order valence-electron chi connectivity index (χ0n) is 21.3. The molecule has 198 valence electrons. The van der Waals surface area contributed by atoms with E-state index in [1.54, 1.807) is 10.9 Å². The Morgan fingerprint density at radius 1 is 0.947 bits per heavy atom. The molecule has 4 aromatic rings. The summed E-state index contributed by atoms with van der Waals surface area (Å²) in [7, 11) is 0. The van der Waals surface area contributed by atoms with Crippen LogP contribution >= 0.6 is 11.8 Å². The van der Waals surface area contributed by atoms with Crippen molar-refractivity contribution in [2.24, 2.45) is 0 Å². The summed E-state index contributed by atoms with van der Waals surface area (Å²) in [4.78, 5) is 21.1. The molecule has 1 N–H and O–H groups in total. The second kappa shape index (κ2) is 11.4. The number of benzene rings is 2. The third kappa shape index (κ3) is 6.80. The van der Waals surface area contributed by atoms with Crippen molar-refractivity contribution >= 4 is 17.7 Å². The van der Waals surface area contributed by atoms with Gasteiger partial charge in [-0.1, -0.05) is 81.1 Å². The van der Waals surface area contributed by atoms with Crippen molar-refractivity contribution in [2.75, 3.05) is 12.3 Å². The molecular formula is C28H28F3N5OS. The van der Waals surface area contributed by atoms with Crippen LogP contribution in [-0.4, -0.2) is 38.0 Å². The lowest BCUT2D eigenvalue weighted by Gasteiger charge is -2.19. The first-order chi connectivity index (χ1) is 18.0. The normalized spacial score (nSPS) is 11.9. The lowest BCUT2D eigenvalue weighted by atomic mass is 9.91. The summed E-state index contributed by atoms with van der Waals surface area (Å²) in [6.07, 6.45) is -2.33. The Labute approximate surface area is 223 Å². The van der Waals surface area contributed by atoms with E-state index in [-0.39, 0.29) is 11.1 Å². The molecule has 0 atom stereocenters. The zero-order chi connectivity index (χ0) is 27.3. The van der Waals surface area contributed by atoms with Gasteiger partial charge in [-0.25, -0.2) is 14.6 Å². The molecule has 2 aromatic carbocycles. The van der Waals surface area contributed by atoms with Crippen LogP contribution in [0.1, 0.15) is 48.9 Å². The van der Waals surface area contributed by atoms with Gasteiger partial charge in [-0.15, -0.1) is 0 Å². The van der Waals surface area contributed by atoms with Gasteiger partial charge in [0.1, 0.15) is 11.4 Å². The van der Waals surface area contributed by atoms with E-state index in [2.05, 4.69) is 20.4 Å². The number of hydrogen-bond donors (Lipinski definition) is 1. The molecule has 0 aliphatic carbocycles. The maximum atomic E-state index is 13.3. The molecule has 0 saturated carbocycles. The third-order valence-electron chi connectivity index (χ3n) is 5.63. The number of thioether (sulfide) groups is 1. The van der Waals surface area contributed by atoms with E-state index in [9.17, 15) is 18.0 Å². The van der Waals surface area contributed by atoms with Gasteiger partial charge in [0.15, 0.2) is 5.16 Å². The Balaban J connectivity index is 1.42. The summed E-state index contributed by atoms with van der Waals surface area (Å²) < 4.78 is 41.7. The summed E-state index contributed by atoms with van der Waals surface area (Å²) in [6, 6.07) is 20.0. The maximum absolute atomic E-state index is 13.3. The SMILES string of the molecule is CC(C)(C)c1cc(C(F)(F)F)nc(SCCCNC(=O)c2cn(-c3ccccc3)nc2-c2ccccc2)n1. The largest absolute Gasteiger partial charge is 0.433 e. The second-order valence-corrected chi connectivity index (χ2v) is 10.7. The molecule has 2 aromatic heterocycles. The van der Waals surface area contributed by atoms with Crippen LogP contribution in [0.15, 0.2) is 78.1 Å². The third-order valence-corrected chi connectivity index (χ3v) is 6.56. The van der Waals surface area contributed by atoms with Crippen molar-refractivity contribution in [3.8, 4) is 16.9 Å². The van der Waals surface area contributed by atoms with Crippen LogP contribution in [0.4, 0.5) is 13.2 Å². The summed E-state index contributed by atoms with van der Waals surface area (Å²) >= 11 is 1.14. The Bertz CT molecular complexity index is 1350. The molecular weight excluding hydrogens is 511 g/mol.